The zero-order valence-corrected chi connectivity index (χ0v) is 10.9. The highest BCUT2D eigenvalue weighted by molar-refractivity contribution is 5.44. The number of aliphatic hydroxyl groups is 1. The summed E-state index contributed by atoms with van der Waals surface area (Å²) in [4.78, 5) is 4.02. The van der Waals surface area contributed by atoms with Crippen LogP contribution in [0.3, 0.4) is 0 Å². The van der Waals surface area contributed by atoms with E-state index >= 15 is 0 Å². The van der Waals surface area contributed by atoms with E-state index in [0.717, 1.165) is 16.9 Å². The zero-order chi connectivity index (χ0) is 13.7. The minimum absolute atomic E-state index is 0.487. The molecule has 100 valence electrons. The molecule has 2 rings (SSSR count). The largest absolute Gasteiger partial charge is 0.497 e. The Balaban J connectivity index is 2.01. The molecule has 1 aromatic carbocycles. The first-order chi connectivity index (χ1) is 9.19. The van der Waals surface area contributed by atoms with Crippen LogP contribution in [-0.2, 0) is 12.8 Å². The number of anilines is 1. The number of aromatic nitrogens is 1. The molecule has 0 fully saturated rings. The quantitative estimate of drug-likeness (QED) is 0.858. The Morgan fingerprint density at radius 2 is 2.16 bits per heavy atom. The van der Waals surface area contributed by atoms with E-state index in [0.29, 0.717) is 18.5 Å². The molecule has 3 N–H and O–H groups in total. The van der Waals surface area contributed by atoms with Gasteiger partial charge in [-0.3, -0.25) is 4.98 Å². The molecule has 1 aromatic heterocycles. The third-order valence-electron chi connectivity index (χ3n) is 3.00. The van der Waals surface area contributed by atoms with Crippen molar-refractivity contribution in [3.63, 3.8) is 0 Å². The molecule has 0 aliphatic carbocycles. The fraction of sp³-hybridized carbons (Fsp3) is 0.267. The number of hydrogen-bond donors (Lipinski definition) is 2. The lowest BCUT2D eigenvalue weighted by atomic mass is 10.0. The molecule has 0 spiro atoms. The first-order valence-electron chi connectivity index (χ1n) is 6.18. The summed E-state index contributed by atoms with van der Waals surface area (Å²) in [6.45, 7) is 0. The van der Waals surface area contributed by atoms with Gasteiger partial charge in [-0.25, -0.2) is 0 Å². The SMILES string of the molecule is COc1cccc(CC(O)Cc2cnccc2N)c1. The third-order valence-corrected chi connectivity index (χ3v) is 3.00. The number of aliphatic hydroxyl groups excluding tert-OH is 1. The fourth-order valence-corrected chi connectivity index (χ4v) is 2.01. The molecule has 0 saturated carbocycles. The zero-order valence-electron chi connectivity index (χ0n) is 10.9. The Morgan fingerprint density at radius 3 is 2.89 bits per heavy atom. The second-order valence-electron chi connectivity index (χ2n) is 4.49. The van der Waals surface area contributed by atoms with Crippen molar-refractivity contribution in [2.24, 2.45) is 0 Å². The molecule has 4 heteroatoms. The van der Waals surface area contributed by atoms with Crippen molar-refractivity contribution in [2.75, 3.05) is 12.8 Å². The van der Waals surface area contributed by atoms with Crippen molar-refractivity contribution in [3.05, 3.63) is 53.9 Å². The molecule has 0 amide bonds. The van der Waals surface area contributed by atoms with Gasteiger partial charge >= 0.3 is 0 Å². The van der Waals surface area contributed by atoms with Gasteiger partial charge in [0, 0.05) is 24.5 Å². The number of nitrogen functional groups attached to an aromatic ring is 1. The molecular weight excluding hydrogens is 240 g/mol. The number of rotatable bonds is 5. The average molecular weight is 258 g/mol. The number of methoxy groups -OCH3 is 1. The molecule has 0 aliphatic rings. The normalized spacial score (nSPS) is 12.1. The van der Waals surface area contributed by atoms with Crippen LogP contribution in [0.2, 0.25) is 0 Å². The van der Waals surface area contributed by atoms with Crippen molar-refractivity contribution in [1.29, 1.82) is 0 Å². The van der Waals surface area contributed by atoms with Gasteiger partial charge in [-0.1, -0.05) is 12.1 Å². The van der Waals surface area contributed by atoms with Crippen LogP contribution in [0.25, 0.3) is 0 Å². The summed E-state index contributed by atoms with van der Waals surface area (Å²) in [5, 5.41) is 10.1. The predicted molar refractivity (Wildman–Crippen MR) is 75.1 cm³/mol. The van der Waals surface area contributed by atoms with Crippen LogP contribution in [0.1, 0.15) is 11.1 Å². The Bertz CT molecular complexity index is 543. The molecule has 0 saturated heterocycles. The average Bonchev–Trinajstić information content (AvgIpc) is 2.41. The van der Waals surface area contributed by atoms with Gasteiger partial charge in [0.05, 0.1) is 13.2 Å². The molecule has 0 radical (unpaired) electrons. The van der Waals surface area contributed by atoms with Gasteiger partial charge in [-0.05, 0) is 35.7 Å². The van der Waals surface area contributed by atoms with E-state index in [1.807, 2.05) is 24.3 Å². The van der Waals surface area contributed by atoms with E-state index in [1.54, 1.807) is 25.6 Å². The minimum atomic E-state index is -0.487. The maximum absolute atomic E-state index is 10.1. The number of benzene rings is 1. The van der Waals surface area contributed by atoms with E-state index in [1.165, 1.54) is 0 Å². The Kier molecular flexibility index (Phi) is 4.36. The lowest BCUT2D eigenvalue weighted by Gasteiger charge is -2.12. The van der Waals surface area contributed by atoms with Crippen LogP contribution in [0.15, 0.2) is 42.7 Å². The molecule has 1 unspecified atom stereocenters. The molecule has 19 heavy (non-hydrogen) atoms. The summed E-state index contributed by atoms with van der Waals surface area (Å²) in [6, 6.07) is 9.44. The summed E-state index contributed by atoms with van der Waals surface area (Å²) < 4.78 is 5.16. The Morgan fingerprint density at radius 1 is 1.32 bits per heavy atom. The van der Waals surface area contributed by atoms with Gasteiger partial charge in [0.1, 0.15) is 5.75 Å². The van der Waals surface area contributed by atoms with E-state index in [-0.39, 0.29) is 0 Å². The van der Waals surface area contributed by atoms with E-state index < -0.39 is 6.10 Å². The topological polar surface area (TPSA) is 68.4 Å². The van der Waals surface area contributed by atoms with Crippen molar-refractivity contribution in [3.8, 4) is 5.75 Å². The van der Waals surface area contributed by atoms with Crippen molar-refractivity contribution in [2.45, 2.75) is 18.9 Å². The van der Waals surface area contributed by atoms with Crippen LogP contribution in [0, 0.1) is 0 Å². The summed E-state index contributed by atoms with van der Waals surface area (Å²) >= 11 is 0. The molecule has 4 nitrogen and oxygen atoms in total. The number of nitrogens with zero attached hydrogens (tertiary/aromatic N) is 1. The maximum atomic E-state index is 10.1. The van der Waals surface area contributed by atoms with E-state index in [4.69, 9.17) is 10.5 Å². The number of ether oxygens (including phenoxy) is 1. The van der Waals surface area contributed by atoms with E-state index in [9.17, 15) is 5.11 Å². The molecular formula is C15H18N2O2. The Hall–Kier alpha value is -2.07. The summed E-state index contributed by atoms with van der Waals surface area (Å²) in [6.07, 6.45) is 3.92. The second-order valence-corrected chi connectivity index (χ2v) is 4.49. The molecule has 1 heterocycles. The molecule has 0 bridgehead atoms. The first kappa shape index (κ1) is 13.4. The van der Waals surface area contributed by atoms with Crippen LogP contribution in [0.5, 0.6) is 5.75 Å². The third kappa shape index (κ3) is 3.69. The lowest BCUT2D eigenvalue weighted by molar-refractivity contribution is 0.175. The fourth-order valence-electron chi connectivity index (χ4n) is 2.01. The van der Waals surface area contributed by atoms with Crippen molar-refractivity contribution in [1.82, 2.24) is 4.98 Å². The minimum Gasteiger partial charge on any atom is -0.497 e. The molecule has 1 atom stereocenters. The van der Waals surface area contributed by atoms with Crippen LogP contribution >= 0.6 is 0 Å². The highest BCUT2D eigenvalue weighted by Gasteiger charge is 2.09. The summed E-state index contributed by atoms with van der Waals surface area (Å²) in [5.41, 5.74) is 8.41. The van der Waals surface area contributed by atoms with Crippen LogP contribution < -0.4 is 10.5 Å². The van der Waals surface area contributed by atoms with Gasteiger partial charge in [-0.2, -0.15) is 0 Å². The van der Waals surface area contributed by atoms with Gasteiger partial charge in [0.15, 0.2) is 0 Å². The highest BCUT2D eigenvalue weighted by Crippen LogP contribution is 2.17. The summed E-state index contributed by atoms with van der Waals surface area (Å²) in [5.74, 6) is 0.797. The molecule has 0 aliphatic heterocycles. The number of pyridine rings is 1. The highest BCUT2D eigenvalue weighted by atomic mass is 16.5. The van der Waals surface area contributed by atoms with Crippen LogP contribution in [0.4, 0.5) is 5.69 Å². The Labute approximate surface area is 112 Å². The second kappa shape index (κ2) is 6.20. The van der Waals surface area contributed by atoms with Crippen molar-refractivity contribution >= 4 is 5.69 Å². The first-order valence-corrected chi connectivity index (χ1v) is 6.18. The number of hydrogen-bond acceptors (Lipinski definition) is 4. The van der Waals surface area contributed by atoms with Gasteiger partial charge in [-0.15, -0.1) is 0 Å². The van der Waals surface area contributed by atoms with Crippen LogP contribution in [-0.4, -0.2) is 23.3 Å². The lowest BCUT2D eigenvalue weighted by Crippen LogP contribution is -2.15. The summed E-state index contributed by atoms with van der Waals surface area (Å²) in [7, 11) is 1.63. The maximum Gasteiger partial charge on any atom is 0.119 e. The van der Waals surface area contributed by atoms with Gasteiger partial charge in [0.2, 0.25) is 0 Å². The predicted octanol–water partition coefficient (Wildman–Crippen LogP) is 1.82. The molecule has 2 aromatic rings. The van der Waals surface area contributed by atoms with E-state index in [2.05, 4.69) is 4.98 Å². The monoisotopic (exact) mass is 258 g/mol. The van der Waals surface area contributed by atoms with Gasteiger partial charge in [0.25, 0.3) is 0 Å². The van der Waals surface area contributed by atoms with Crippen molar-refractivity contribution < 1.29 is 9.84 Å². The van der Waals surface area contributed by atoms with Gasteiger partial charge < -0.3 is 15.6 Å². The standard InChI is InChI=1S/C15H18N2O2/c1-19-14-4-2-3-11(8-14)7-13(18)9-12-10-17-6-5-15(12)16/h2-6,8,10,13,18H,7,9H2,1H3,(H2,16,17). The smallest absolute Gasteiger partial charge is 0.119 e. The number of nitrogens with two attached hydrogens (primary N) is 1.